The number of nitrogens with one attached hydrogen (secondary N) is 2. The van der Waals surface area contributed by atoms with Crippen molar-refractivity contribution >= 4 is 29.1 Å². The summed E-state index contributed by atoms with van der Waals surface area (Å²) in [5, 5.41) is 14.1. The maximum Gasteiger partial charge on any atom is 0.337 e. The van der Waals surface area contributed by atoms with Crippen LogP contribution < -0.4 is 10.6 Å². The van der Waals surface area contributed by atoms with Gasteiger partial charge in [-0.15, -0.1) is 5.10 Å². The van der Waals surface area contributed by atoms with Crippen molar-refractivity contribution in [2.24, 2.45) is 0 Å². The maximum absolute atomic E-state index is 11.4. The van der Waals surface area contributed by atoms with Crippen molar-refractivity contribution in [1.29, 1.82) is 0 Å². The van der Waals surface area contributed by atoms with E-state index in [1.54, 1.807) is 24.3 Å². The molecule has 0 aliphatic carbocycles. The van der Waals surface area contributed by atoms with E-state index in [4.69, 9.17) is 0 Å². The molecule has 0 amide bonds. The zero-order valence-corrected chi connectivity index (χ0v) is 13.9. The Bertz CT molecular complexity index is 863. The van der Waals surface area contributed by atoms with Crippen LogP contribution in [0, 0.1) is 6.92 Å². The number of methoxy groups -OCH3 is 1. The lowest BCUT2D eigenvalue weighted by Gasteiger charge is -2.08. The topological polar surface area (TPSA) is 89.0 Å². The summed E-state index contributed by atoms with van der Waals surface area (Å²) in [5.74, 6) is 0.551. The first-order chi connectivity index (χ1) is 12.1. The van der Waals surface area contributed by atoms with E-state index in [-0.39, 0.29) is 5.97 Å². The zero-order valence-electron chi connectivity index (χ0n) is 13.9. The lowest BCUT2D eigenvalue weighted by Crippen LogP contribution is -2.03. The molecule has 1 heterocycles. The van der Waals surface area contributed by atoms with E-state index in [1.807, 2.05) is 31.2 Å². The highest BCUT2D eigenvalue weighted by Gasteiger charge is 2.06. The Balaban J connectivity index is 1.71. The number of aryl methyl sites for hydroxylation is 1. The summed E-state index contributed by atoms with van der Waals surface area (Å²) >= 11 is 0. The summed E-state index contributed by atoms with van der Waals surface area (Å²) < 4.78 is 4.68. The van der Waals surface area contributed by atoms with Gasteiger partial charge < -0.3 is 15.4 Å². The van der Waals surface area contributed by atoms with Crippen molar-refractivity contribution in [2.75, 3.05) is 17.7 Å². The van der Waals surface area contributed by atoms with Gasteiger partial charge in [0.1, 0.15) is 0 Å². The molecule has 0 spiro atoms. The number of nitrogens with zero attached hydrogens (tertiary/aromatic N) is 3. The highest BCUT2D eigenvalue weighted by atomic mass is 16.5. The fourth-order valence-corrected chi connectivity index (χ4v) is 2.14. The van der Waals surface area contributed by atoms with Gasteiger partial charge in [0.2, 0.25) is 5.95 Å². The molecule has 0 saturated carbocycles. The first-order valence-electron chi connectivity index (χ1n) is 7.63. The molecule has 1 aromatic heterocycles. The number of hydrogen-bond acceptors (Lipinski definition) is 7. The molecule has 0 saturated heterocycles. The Kier molecular flexibility index (Phi) is 4.84. The number of carbonyl (C=O) groups excluding carboxylic acids is 1. The third kappa shape index (κ3) is 4.29. The van der Waals surface area contributed by atoms with Gasteiger partial charge in [-0.1, -0.05) is 17.7 Å². The monoisotopic (exact) mass is 335 g/mol. The number of benzene rings is 2. The molecule has 0 aliphatic heterocycles. The average Bonchev–Trinajstić information content (AvgIpc) is 2.64. The second-order valence-electron chi connectivity index (χ2n) is 5.35. The number of esters is 1. The lowest BCUT2D eigenvalue weighted by atomic mass is 10.2. The Morgan fingerprint density at radius 1 is 0.960 bits per heavy atom. The zero-order chi connectivity index (χ0) is 17.6. The number of hydrogen-bond donors (Lipinski definition) is 2. The summed E-state index contributed by atoms with van der Waals surface area (Å²) in [4.78, 5) is 15.8. The molecule has 3 aromatic rings. The molecule has 2 N–H and O–H groups in total. The van der Waals surface area contributed by atoms with Gasteiger partial charge in [0.05, 0.1) is 18.9 Å². The molecule has 0 unspecified atom stereocenters. The highest BCUT2D eigenvalue weighted by Crippen LogP contribution is 2.18. The molecular weight excluding hydrogens is 318 g/mol. The predicted octanol–water partition coefficient (Wildman–Crippen LogP) is 3.45. The molecule has 0 radical (unpaired) electrons. The van der Waals surface area contributed by atoms with E-state index in [0.717, 1.165) is 11.4 Å². The minimum Gasteiger partial charge on any atom is -0.465 e. The fraction of sp³-hybridized carbons (Fsp3) is 0.111. The quantitative estimate of drug-likeness (QED) is 0.690. The molecule has 3 rings (SSSR count). The van der Waals surface area contributed by atoms with Crippen molar-refractivity contribution in [1.82, 2.24) is 15.2 Å². The standard InChI is InChI=1S/C18H17N5O2/c1-12-3-7-15(8-4-12)21-18-22-16(11-19-23-18)20-14-9-5-13(6-10-14)17(24)25-2/h3-11H,1-2H3,(H2,20,21,22,23). The average molecular weight is 335 g/mol. The fourth-order valence-electron chi connectivity index (χ4n) is 2.14. The van der Waals surface area contributed by atoms with E-state index in [1.165, 1.54) is 18.9 Å². The molecule has 0 bridgehead atoms. The van der Waals surface area contributed by atoms with Crippen LogP contribution in [-0.2, 0) is 4.74 Å². The number of ether oxygens (including phenoxy) is 1. The van der Waals surface area contributed by atoms with Crippen LogP contribution in [0.3, 0.4) is 0 Å². The minimum atomic E-state index is -0.375. The number of rotatable bonds is 5. The van der Waals surface area contributed by atoms with Crippen molar-refractivity contribution in [3.05, 3.63) is 65.9 Å². The van der Waals surface area contributed by atoms with E-state index >= 15 is 0 Å². The van der Waals surface area contributed by atoms with E-state index in [0.29, 0.717) is 17.3 Å². The lowest BCUT2D eigenvalue weighted by molar-refractivity contribution is 0.0601. The van der Waals surface area contributed by atoms with Gasteiger partial charge in [0.15, 0.2) is 5.82 Å². The van der Waals surface area contributed by atoms with Gasteiger partial charge in [0, 0.05) is 11.4 Å². The van der Waals surface area contributed by atoms with Crippen molar-refractivity contribution in [3.63, 3.8) is 0 Å². The summed E-state index contributed by atoms with van der Waals surface area (Å²) in [7, 11) is 1.35. The first kappa shape index (κ1) is 16.4. The Hall–Kier alpha value is -3.48. The molecule has 7 heteroatoms. The van der Waals surface area contributed by atoms with Crippen LogP contribution in [-0.4, -0.2) is 28.3 Å². The normalized spacial score (nSPS) is 10.2. The number of aromatic nitrogens is 3. The number of carbonyl (C=O) groups is 1. The van der Waals surface area contributed by atoms with Crippen LogP contribution in [0.25, 0.3) is 0 Å². The molecule has 7 nitrogen and oxygen atoms in total. The van der Waals surface area contributed by atoms with Gasteiger partial charge >= 0.3 is 5.97 Å². The van der Waals surface area contributed by atoms with Crippen LogP contribution in [0.5, 0.6) is 0 Å². The van der Waals surface area contributed by atoms with Gasteiger partial charge in [0.25, 0.3) is 0 Å². The molecular formula is C18H17N5O2. The largest absolute Gasteiger partial charge is 0.465 e. The van der Waals surface area contributed by atoms with Gasteiger partial charge in [-0.3, -0.25) is 0 Å². The van der Waals surface area contributed by atoms with Crippen LogP contribution in [0.4, 0.5) is 23.1 Å². The van der Waals surface area contributed by atoms with Crippen molar-refractivity contribution in [2.45, 2.75) is 6.92 Å². The summed E-state index contributed by atoms with van der Waals surface area (Å²) in [6.07, 6.45) is 1.52. The summed E-state index contributed by atoms with van der Waals surface area (Å²) in [5.41, 5.74) is 3.31. The molecule has 25 heavy (non-hydrogen) atoms. The summed E-state index contributed by atoms with van der Waals surface area (Å²) in [6.45, 7) is 2.03. The SMILES string of the molecule is COC(=O)c1ccc(Nc2cnnc(Nc3ccc(C)cc3)n2)cc1. The molecule has 0 fully saturated rings. The third-order valence-electron chi connectivity index (χ3n) is 3.44. The van der Waals surface area contributed by atoms with Crippen LogP contribution in [0.15, 0.2) is 54.7 Å². The molecule has 0 atom stereocenters. The maximum atomic E-state index is 11.4. The van der Waals surface area contributed by atoms with Crippen LogP contribution in [0.1, 0.15) is 15.9 Å². The van der Waals surface area contributed by atoms with Crippen molar-refractivity contribution < 1.29 is 9.53 Å². The number of anilines is 4. The van der Waals surface area contributed by atoms with Crippen LogP contribution >= 0.6 is 0 Å². The summed E-state index contributed by atoms with van der Waals surface area (Å²) in [6, 6.07) is 14.8. The second kappa shape index (κ2) is 7.39. The van der Waals surface area contributed by atoms with E-state index in [2.05, 4.69) is 30.6 Å². The Morgan fingerprint density at radius 3 is 2.28 bits per heavy atom. The van der Waals surface area contributed by atoms with Gasteiger partial charge in [-0.05, 0) is 43.3 Å². The minimum absolute atomic E-state index is 0.375. The molecule has 0 aliphatic rings. The van der Waals surface area contributed by atoms with E-state index in [9.17, 15) is 4.79 Å². The van der Waals surface area contributed by atoms with E-state index < -0.39 is 0 Å². The van der Waals surface area contributed by atoms with Gasteiger partial charge in [-0.2, -0.15) is 10.1 Å². The Morgan fingerprint density at radius 2 is 1.60 bits per heavy atom. The predicted molar refractivity (Wildman–Crippen MR) is 95.4 cm³/mol. The van der Waals surface area contributed by atoms with Gasteiger partial charge in [-0.25, -0.2) is 4.79 Å². The Labute approximate surface area is 145 Å². The second-order valence-corrected chi connectivity index (χ2v) is 5.35. The smallest absolute Gasteiger partial charge is 0.337 e. The van der Waals surface area contributed by atoms with Crippen molar-refractivity contribution in [3.8, 4) is 0 Å². The first-order valence-corrected chi connectivity index (χ1v) is 7.63. The molecule has 126 valence electrons. The molecule has 2 aromatic carbocycles. The van der Waals surface area contributed by atoms with Crippen LogP contribution in [0.2, 0.25) is 0 Å². The highest BCUT2D eigenvalue weighted by molar-refractivity contribution is 5.89. The third-order valence-corrected chi connectivity index (χ3v) is 3.44.